The lowest BCUT2D eigenvalue weighted by Gasteiger charge is -2.27. The van der Waals surface area contributed by atoms with Gasteiger partial charge in [-0.25, -0.2) is 4.79 Å². The molecule has 7 heteroatoms. The summed E-state index contributed by atoms with van der Waals surface area (Å²) in [6, 6.07) is 6.02. The summed E-state index contributed by atoms with van der Waals surface area (Å²) in [4.78, 5) is 28.5. The zero-order valence-electron chi connectivity index (χ0n) is 15.8. The van der Waals surface area contributed by atoms with E-state index in [4.69, 9.17) is 9.94 Å². The Kier molecular flexibility index (Phi) is 5.98. The van der Waals surface area contributed by atoms with Gasteiger partial charge < -0.3 is 20.6 Å². The molecule has 1 aliphatic heterocycles. The van der Waals surface area contributed by atoms with E-state index in [1.165, 1.54) is 11.1 Å². The summed E-state index contributed by atoms with van der Waals surface area (Å²) in [7, 11) is 0. The minimum atomic E-state index is -0.740. The zero-order valence-corrected chi connectivity index (χ0v) is 15.8. The largest absolute Gasteiger partial charge is 0.481 e. The van der Waals surface area contributed by atoms with Crippen LogP contribution in [0.15, 0.2) is 23.4 Å². The number of rotatable bonds is 5. The molecule has 3 N–H and O–H groups in total. The molecule has 1 aliphatic carbocycles. The molecular formula is C20H27N3O4. The Morgan fingerprint density at radius 2 is 1.93 bits per heavy atom. The SMILES string of the molecule is Cc1ccc(C2=NOC(CNC(=O)NC3CCC(C(=O)O)CC3)C2)cc1C. The molecule has 1 atom stereocenters. The number of nitrogens with one attached hydrogen (secondary N) is 2. The van der Waals surface area contributed by atoms with Crippen LogP contribution in [0.2, 0.25) is 0 Å². The van der Waals surface area contributed by atoms with Crippen molar-refractivity contribution in [3.63, 3.8) is 0 Å². The molecule has 3 rings (SSSR count). The molecule has 1 saturated carbocycles. The molecule has 1 aromatic carbocycles. The third-order valence-corrected chi connectivity index (χ3v) is 5.48. The monoisotopic (exact) mass is 373 g/mol. The number of carbonyl (C=O) groups is 2. The highest BCUT2D eigenvalue weighted by Gasteiger charge is 2.27. The summed E-state index contributed by atoms with van der Waals surface area (Å²) in [5, 5.41) is 18.9. The zero-order chi connectivity index (χ0) is 19.4. The van der Waals surface area contributed by atoms with Crippen molar-refractivity contribution in [3.8, 4) is 0 Å². The average Bonchev–Trinajstić information content (AvgIpc) is 3.12. The van der Waals surface area contributed by atoms with Crippen molar-refractivity contribution in [3.05, 3.63) is 34.9 Å². The predicted octanol–water partition coefficient (Wildman–Crippen LogP) is 2.74. The summed E-state index contributed by atoms with van der Waals surface area (Å²) in [6.07, 6.45) is 3.11. The van der Waals surface area contributed by atoms with Crippen LogP contribution in [-0.4, -0.2) is 41.5 Å². The van der Waals surface area contributed by atoms with Crippen LogP contribution < -0.4 is 10.6 Å². The van der Waals surface area contributed by atoms with Crippen molar-refractivity contribution in [2.45, 2.75) is 58.1 Å². The molecule has 0 aromatic heterocycles. The summed E-state index contributed by atoms with van der Waals surface area (Å²) in [5.41, 5.74) is 4.41. The summed E-state index contributed by atoms with van der Waals surface area (Å²) < 4.78 is 0. The average molecular weight is 373 g/mol. The van der Waals surface area contributed by atoms with Gasteiger partial charge in [0.1, 0.15) is 0 Å². The molecule has 0 radical (unpaired) electrons. The molecule has 1 fully saturated rings. The van der Waals surface area contributed by atoms with Crippen molar-refractivity contribution >= 4 is 17.7 Å². The minimum absolute atomic E-state index is 0.0347. The Morgan fingerprint density at radius 1 is 1.19 bits per heavy atom. The number of oxime groups is 1. The first-order chi connectivity index (χ1) is 12.9. The van der Waals surface area contributed by atoms with Crippen LogP contribution in [0.5, 0.6) is 0 Å². The number of carbonyl (C=O) groups excluding carboxylic acids is 1. The Hall–Kier alpha value is -2.57. The highest BCUT2D eigenvalue weighted by molar-refractivity contribution is 6.01. The molecule has 2 amide bonds. The maximum atomic E-state index is 12.1. The van der Waals surface area contributed by atoms with Crippen molar-refractivity contribution in [2.24, 2.45) is 11.1 Å². The van der Waals surface area contributed by atoms with Gasteiger partial charge in [-0.2, -0.15) is 0 Å². The molecule has 0 bridgehead atoms. The molecule has 7 nitrogen and oxygen atoms in total. The maximum absolute atomic E-state index is 12.1. The predicted molar refractivity (Wildman–Crippen MR) is 102 cm³/mol. The molecule has 1 aromatic rings. The van der Waals surface area contributed by atoms with Crippen LogP contribution in [0, 0.1) is 19.8 Å². The topological polar surface area (TPSA) is 100 Å². The van der Waals surface area contributed by atoms with Gasteiger partial charge in [0.15, 0.2) is 6.10 Å². The summed E-state index contributed by atoms with van der Waals surface area (Å²) in [6.45, 7) is 4.53. The molecule has 146 valence electrons. The van der Waals surface area contributed by atoms with Gasteiger partial charge in [-0.05, 0) is 62.3 Å². The van der Waals surface area contributed by atoms with Crippen LogP contribution in [0.25, 0.3) is 0 Å². The lowest BCUT2D eigenvalue weighted by molar-refractivity contribution is -0.142. The first-order valence-corrected chi connectivity index (χ1v) is 9.50. The molecule has 27 heavy (non-hydrogen) atoms. The van der Waals surface area contributed by atoms with Gasteiger partial charge >= 0.3 is 12.0 Å². The minimum Gasteiger partial charge on any atom is -0.481 e. The van der Waals surface area contributed by atoms with E-state index < -0.39 is 5.97 Å². The normalized spacial score (nSPS) is 24.7. The smallest absolute Gasteiger partial charge is 0.315 e. The number of benzene rings is 1. The number of urea groups is 1. The van der Waals surface area contributed by atoms with Gasteiger partial charge in [0.25, 0.3) is 0 Å². The molecule has 0 saturated heterocycles. The number of carboxylic acids is 1. The van der Waals surface area contributed by atoms with E-state index in [0.717, 1.165) is 11.3 Å². The molecule has 0 spiro atoms. The van der Waals surface area contributed by atoms with Gasteiger partial charge in [0, 0.05) is 12.5 Å². The van der Waals surface area contributed by atoms with E-state index >= 15 is 0 Å². The number of hydrogen-bond acceptors (Lipinski definition) is 4. The van der Waals surface area contributed by atoms with Crippen LogP contribution in [0.4, 0.5) is 4.79 Å². The van der Waals surface area contributed by atoms with Crippen LogP contribution in [-0.2, 0) is 9.63 Å². The fourth-order valence-corrected chi connectivity index (χ4v) is 3.56. The van der Waals surface area contributed by atoms with Gasteiger partial charge in [-0.3, -0.25) is 4.79 Å². The standard InChI is InChI=1S/C20H27N3O4/c1-12-3-4-15(9-13(12)2)18-10-17(27-23-18)11-21-20(26)22-16-7-5-14(6-8-16)19(24)25/h3-4,9,14,16-17H,5-8,10-11H2,1-2H3,(H,24,25)(H2,21,22,26). The molecular weight excluding hydrogens is 346 g/mol. The lowest BCUT2D eigenvalue weighted by atomic mass is 9.86. The van der Waals surface area contributed by atoms with Crippen LogP contribution in [0.3, 0.4) is 0 Å². The number of amides is 2. The van der Waals surface area contributed by atoms with Gasteiger partial charge in [0.2, 0.25) is 0 Å². The second kappa shape index (κ2) is 8.41. The lowest BCUT2D eigenvalue weighted by Crippen LogP contribution is -2.46. The number of hydrogen-bond donors (Lipinski definition) is 3. The third kappa shape index (κ3) is 4.99. The second-order valence-electron chi connectivity index (χ2n) is 7.51. The fourth-order valence-electron chi connectivity index (χ4n) is 3.56. The Balaban J connectivity index is 1.39. The molecule has 2 aliphatic rings. The highest BCUT2D eigenvalue weighted by atomic mass is 16.6. The van der Waals surface area contributed by atoms with Gasteiger partial charge in [-0.15, -0.1) is 0 Å². The number of aliphatic carboxylic acids is 1. The van der Waals surface area contributed by atoms with E-state index in [1.54, 1.807) is 0 Å². The maximum Gasteiger partial charge on any atom is 0.315 e. The molecule has 1 heterocycles. The Morgan fingerprint density at radius 3 is 2.59 bits per heavy atom. The quantitative estimate of drug-likeness (QED) is 0.739. The van der Waals surface area contributed by atoms with E-state index in [0.29, 0.717) is 38.6 Å². The van der Waals surface area contributed by atoms with E-state index in [9.17, 15) is 9.59 Å². The van der Waals surface area contributed by atoms with Crippen molar-refractivity contribution in [1.29, 1.82) is 0 Å². The van der Waals surface area contributed by atoms with Gasteiger partial charge in [-0.1, -0.05) is 17.3 Å². The number of carboxylic acid groups (broad SMARTS) is 1. The third-order valence-electron chi connectivity index (χ3n) is 5.48. The fraction of sp³-hybridized carbons (Fsp3) is 0.550. The van der Waals surface area contributed by atoms with E-state index in [1.807, 2.05) is 6.07 Å². The van der Waals surface area contributed by atoms with Gasteiger partial charge in [0.05, 0.1) is 18.2 Å². The summed E-state index contributed by atoms with van der Waals surface area (Å²) >= 11 is 0. The first-order valence-electron chi connectivity index (χ1n) is 9.50. The van der Waals surface area contributed by atoms with Crippen LogP contribution >= 0.6 is 0 Å². The number of nitrogens with zero attached hydrogens (tertiary/aromatic N) is 1. The Labute approximate surface area is 159 Å². The van der Waals surface area contributed by atoms with Crippen molar-refractivity contribution in [1.82, 2.24) is 10.6 Å². The van der Waals surface area contributed by atoms with E-state index in [-0.39, 0.29) is 24.1 Å². The summed E-state index contributed by atoms with van der Waals surface area (Å²) in [5.74, 6) is -1.02. The Bertz CT molecular complexity index is 739. The first kappa shape index (κ1) is 19.2. The van der Waals surface area contributed by atoms with Crippen molar-refractivity contribution in [2.75, 3.05) is 6.54 Å². The van der Waals surface area contributed by atoms with Crippen LogP contribution in [0.1, 0.15) is 48.8 Å². The molecule has 1 unspecified atom stereocenters. The van der Waals surface area contributed by atoms with E-state index in [2.05, 4.69) is 41.8 Å². The van der Waals surface area contributed by atoms with Crippen molar-refractivity contribution < 1.29 is 19.5 Å². The highest BCUT2D eigenvalue weighted by Crippen LogP contribution is 2.24. The second-order valence-corrected chi connectivity index (χ2v) is 7.51. The number of aryl methyl sites for hydroxylation is 2.